The van der Waals surface area contributed by atoms with E-state index in [9.17, 15) is 18.4 Å². The van der Waals surface area contributed by atoms with Crippen molar-refractivity contribution >= 4 is 28.3 Å². The zero-order valence-electron chi connectivity index (χ0n) is 16.4. The Balaban J connectivity index is 2.09. The summed E-state index contributed by atoms with van der Waals surface area (Å²) in [5, 5.41) is 0.457. The van der Waals surface area contributed by atoms with Crippen LogP contribution >= 0.6 is 0 Å². The van der Waals surface area contributed by atoms with Gasteiger partial charge in [-0.25, -0.2) is 13.8 Å². The predicted octanol–water partition coefficient (Wildman–Crippen LogP) is 1.21. The highest BCUT2D eigenvalue weighted by Crippen LogP contribution is 2.40. The van der Waals surface area contributed by atoms with E-state index in [2.05, 4.69) is 9.88 Å². The largest absolute Gasteiger partial charge is 0.354 e. The average Bonchev–Trinajstić information content (AvgIpc) is 2.65. The number of carbonyl (C=O) groups is 1. The quantitative estimate of drug-likeness (QED) is 0.770. The molecule has 2 aliphatic rings. The first-order valence-corrected chi connectivity index (χ1v) is 9.30. The minimum Gasteiger partial charge on any atom is -0.354 e. The van der Waals surface area contributed by atoms with Crippen molar-refractivity contribution in [3.05, 3.63) is 27.9 Å². The first-order chi connectivity index (χ1) is 13.3. The van der Waals surface area contributed by atoms with Crippen LogP contribution in [0.5, 0.6) is 0 Å². The Morgan fingerprint density at radius 3 is 2.61 bits per heavy atom. The molecular weight excluding hydrogens is 368 g/mol. The fourth-order valence-corrected chi connectivity index (χ4v) is 4.17. The van der Waals surface area contributed by atoms with Gasteiger partial charge in [0.05, 0.1) is 17.9 Å². The van der Waals surface area contributed by atoms with E-state index in [-0.39, 0.29) is 29.9 Å². The second kappa shape index (κ2) is 6.51. The maximum atomic E-state index is 14.4. The molecule has 28 heavy (non-hydrogen) atoms. The van der Waals surface area contributed by atoms with E-state index in [1.807, 2.05) is 18.9 Å². The molecular formula is C19H23F2N5O2. The van der Waals surface area contributed by atoms with Crippen LogP contribution in [0.15, 0.2) is 10.9 Å². The molecule has 7 nitrogen and oxygen atoms in total. The minimum absolute atomic E-state index is 0.107. The summed E-state index contributed by atoms with van der Waals surface area (Å²) in [6, 6.07) is 0.936. The van der Waals surface area contributed by atoms with E-state index in [4.69, 9.17) is 0 Å². The molecule has 0 saturated carbocycles. The average molecular weight is 391 g/mol. The number of carbonyl (C=O) groups excluding carboxylic acids is 1. The number of hydrogen-bond donors (Lipinski definition) is 0. The smallest absolute Gasteiger partial charge is 0.278 e. The Morgan fingerprint density at radius 2 is 1.93 bits per heavy atom. The highest BCUT2D eigenvalue weighted by Gasteiger charge is 2.45. The van der Waals surface area contributed by atoms with Gasteiger partial charge in [0, 0.05) is 31.6 Å². The number of fused-ring (bicyclic) bond motifs is 5. The highest BCUT2D eigenvalue weighted by atomic mass is 19.1. The lowest BCUT2D eigenvalue weighted by molar-refractivity contribution is -0.121. The molecule has 1 saturated heterocycles. The first-order valence-electron chi connectivity index (χ1n) is 9.30. The summed E-state index contributed by atoms with van der Waals surface area (Å²) in [7, 11) is 3.46. The van der Waals surface area contributed by atoms with Gasteiger partial charge in [-0.05, 0) is 27.0 Å². The lowest BCUT2D eigenvalue weighted by Gasteiger charge is -2.49. The Bertz CT molecular complexity index is 1040. The second-order valence-corrected chi connectivity index (χ2v) is 7.62. The molecule has 0 aromatic carbocycles. The molecule has 150 valence electrons. The minimum atomic E-state index is -0.772. The van der Waals surface area contributed by atoms with Crippen LogP contribution in [0, 0.1) is 12.7 Å². The molecule has 0 bridgehead atoms. The van der Waals surface area contributed by atoms with E-state index in [0.717, 1.165) is 0 Å². The van der Waals surface area contributed by atoms with E-state index >= 15 is 0 Å². The molecule has 0 aliphatic carbocycles. The predicted molar refractivity (Wildman–Crippen MR) is 103 cm³/mol. The molecule has 2 unspecified atom stereocenters. The maximum Gasteiger partial charge on any atom is 0.278 e. The normalized spacial score (nSPS) is 22.6. The number of piperazine rings is 1. The van der Waals surface area contributed by atoms with Crippen molar-refractivity contribution in [3.8, 4) is 0 Å². The summed E-state index contributed by atoms with van der Waals surface area (Å²) in [5.74, 6) is -0.790. The van der Waals surface area contributed by atoms with Gasteiger partial charge in [-0.15, -0.1) is 0 Å². The van der Waals surface area contributed by atoms with Crippen LogP contribution in [-0.2, 0) is 11.8 Å². The SMILES string of the molecule is Cc1nc2c(cc1F)c1c(c(=O)n2C)N(CCF)C(=O)C2CN(C)C(C)CN12. The molecule has 2 aromatic heterocycles. The van der Waals surface area contributed by atoms with Gasteiger partial charge in [0.1, 0.15) is 29.9 Å². The molecule has 0 radical (unpaired) electrons. The third-order valence-corrected chi connectivity index (χ3v) is 5.90. The number of hydrogen-bond acceptors (Lipinski definition) is 5. The molecule has 2 atom stereocenters. The Hall–Kier alpha value is -2.55. The fraction of sp³-hybridized carbons (Fsp3) is 0.526. The summed E-state index contributed by atoms with van der Waals surface area (Å²) < 4.78 is 29.0. The number of rotatable bonds is 2. The van der Waals surface area contributed by atoms with Gasteiger partial charge in [0.25, 0.3) is 11.5 Å². The van der Waals surface area contributed by atoms with Crippen molar-refractivity contribution in [1.82, 2.24) is 14.5 Å². The van der Waals surface area contributed by atoms with Gasteiger partial charge >= 0.3 is 0 Å². The first kappa shape index (κ1) is 18.8. The standard InChI is InChI=1S/C19H23F2N5O2/c1-10-8-26-14(9-23(10)3)18(27)25(6-5-20)16-15(26)12-7-13(21)11(2)22-17(12)24(4)19(16)28/h7,10,14H,5-6,8-9H2,1-4H3. The number of amides is 1. The van der Waals surface area contributed by atoms with Crippen molar-refractivity contribution in [1.29, 1.82) is 0 Å². The fourth-order valence-electron chi connectivity index (χ4n) is 4.17. The maximum absolute atomic E-state index is 14.4. The van der Waals surface area contributed by atoms with Crippen molar-refractivity contribution in [3.63, 3.8) is 0 Å². The number of likely N-dealkylation sites (N-methyl/N-ethyl adjacent to an activating group) is 1. The molecule has 2 aliphatic heterocycles. The Morgan fingerprint density at radius 1 is 1.21 bits per heavy atom. The van der Waals surface area contributed by atoms with Crippen LogP contribution in [0.3, 0.4) is 0 Å². The molecule has 4 heterocycles. The highest BCUT2D eigenvalue weighted by molar-refractivity contribution is 6.11. The van der Waals surface area contributed by atoms with Gasteiger partial charge in [-0.3, -0.25) is 19.1 Å². The van der Waals surface area contributed by atoms with Gasteiger partial charge in [-0.1, -0.05) is 0 Å². The second-order valence-electron chi connectivity index (χ2n) is 7.62. The zero-order valence-corrected chi connectivity index (χ0v) is 16.4. The summed E-state index contributed by atoms with van der Waals surface area (Å²) in [4.78, 5) is 35.7. The van der Waals surface area contributed by atoms with Gasteiger partial charge < -0.3 is 9.80 Å². The van der Waals surface area contributed by atoms with Crippen LogP contribution in [0.25, 0.3) is 11.0 Å². The molecule has 0 spiro atoms. The molecule has 1 amide bonds. The molecule has 4 rings (SSSR count). The van der Waals surface area contributed by atoms with Crippen molar-refractivity contribution in [2.45, 2.75) is 25.9 Å². The lowest BCUT2D eigenvalue weighted by atomic mass is 9.99. The van der Waals surface area contributed by atoms with Crippen molar-refractivity contribution in [2.75, 3.05) is 43.2 Å². The summed E-state index contributed by atoms with van der Waals surface area (Å²) in [6.45, 7) is 3.53. The van der Waals surface area contributed by atoms with E-state index in [1.165, 1.54) is 22.6 Å². The summed E-state index contributed by atoms with van der Waals surface area (Å²) in [5.41, 5.74) is 0.687. The van der Waals surface area contributed by atoms with E-state index in [1.54, 1.807) is 6.92 Å². The van der Waals surface area contributed by atoms with Gasteiger partial charge in [0.2, 0.25) is 0 Å². The van der Waals surface area contributed by atoms with Crippen molar-refractivity contribution in [2.24, 2.45) is 7.05 Å². The summed E-state index contributed by atoms with van der Waals surface area (Å²) in [6.07, 6.45) is 0. The number of halogens is 2. The van der Waals surface area contributed by atoms with E-state index < -0.39 is 24.1 Å². The van der Waals surface area contributed by atoms with Crippen LogP contribution in [0.2, 0.25) is 0 Å². The van der Waals surface area contributed by atoms with Gasteiger partial charge in [-0.2, -0.15) is 0 Å². The third kappa shape index (κ3) is 2.52. The number of nitrogens with zero attached hydrogens (tertiary/aromatic N) is 5. The van der Waals surface area contributed by atoms with Crippen LogP contribution in [-0.4, -0.2) is 65.8 Å². The summed E-state index contributed by atoms with van der Waals surface area (Å²) >= 11 is 0. The van der Waals surface area contributed by atoms with Crippen LogP contribution < -0.4 is 15.4 Å². The van der Waals surface area contributed by atoms with Crippen LogP contribution in [0.4, 0.5) is 20.2 Å². The number of aromatic nitrogens is 2. The number of pyridine rings is 2. The topological polar surface area (TPSA) is 61.7 Å². The molecule has 2 aromatic rings. The third-order valence-electron chi connectivity index (χ3n) is 5.90. The number of anilines is 2. The van der Waals surface area contributed by atoms with Gasteiger partial charge in [0.15, 0.2) is 0 Å². The number of alkyl halides is 1. The zero-order chi connectivity index (χ0) is 20.3. The molecule has 0 N–H and O–H groups in total. The van der Waals surface area contributed by atoms with Crippen molar-refractivity contribution < 1.29 is 13.6 Å². The Kier molecular flexibility index (Phi) is 4.37. The van der Waals surface area contributed by atoms with Crippen LogP contribution in [0.1, 0.15) is 12.6 Å². The lowest BCUT2D eigenvalue weighted by Crippen LogP contribution is -2.65. The monoisotopic (exact) mass is 391 g/mol. The van der Waals surface area contributed by atoms with E-state index in [0.29, 0.717) is 29.8 Å². The number of aryl methyl sites for hydroxylation is 2. The Labute approximate surface area is 161 Å². The molecule has 9 heteroatoms. The molecule has 1 fully saturated rings.